The molecule has 4 aromatic rings. The van der Waals surface area contributed by atoms with Crippen LogP contribution >= 0.6 is 0 Å². The molecule has 2 N–H and O–H groups in total. The molecule has 4 rings (SSSR count). The number of rotatable bonds is 11. The summed E-state index contributed by atoms with van der Waals surface area (Å²) in [7, 11) is -3.86. The third kappa shape index (κ3) is 7.56. The molecule has 0 aliphatic heterocycles. The quantitative estimate of drug-likeness (QED) is 0.212. The maximum absolute atomic E-state index is 14.1. The minimum absolute atomic E-state index is 0.0511. The minimum Gasteiger partial charge on any atom is -0.320 e. The van der Waals surface area contributed by atoms with Crippen LogP contribution in [0, 0.1) is 0 Å². The van der Waals surface area contributed by atoms with E-state index in [2.05, 4.69) is 6.92 Å². The van der Waals surface area contributed by atoms with Crippen LogP contribution in [0.5, 0.6) is 0 Å². The fourth-order valence-corrected chi connectivity index (χ4v) is 5.33. The van der Waals surface area contributed by atoms with E-state index in [-0.39, 0.29) is 10.9 Å². The summed E-state index contributed by atoms with van der Waals surface area (Å²) in [4.78, 5) is 17.9. The van der Waals surface area contributed by atoms with Gasteiger partial charge in [-0.3, -0.25) is 4.90 Å². The van der Waals surface area contributed by atoms with Crippen LogP contribution in [0.25, 0.3) is 11.1 Å². The lowest BCUT2D eigenvalue weighted by Crippen LogP contribution is -2.43. The molecule has 0 aliphatic rings. The maximum atomic E-state index is 14.1. The van der Waals surface area contributed by atoms with E-state index in [9.17, 15) is 13.2 Å². The Morgan fingerprint density at radius 1 is 0.718 bits per heavy atom. The predicted molar refractivity (Wildman–Crippen MR) is 158 cm³/mol. The van der Waals surface area contributed by atoms with Gasteiger partial charge >= 0.3 is 6.03 Å². The normalized spacial score (nSPS) is 11.2. The topological polar surface area (TPSA) is 83.7 Å². The number of anilines is 1. The van der Waals surface area contributed by atoms with Crippen molar-refractivity contribution in [3.8, 4) is 11.1 Å². The second kappa shape index (κ2) is 13.2. The van der Waals surface area contributed by atoms with Gasteiger partial charge in [0.1, 0.15) is 0 Å². The molecule has 0 bridgehead atoms. The lowest BCUT2D eigenvalue weighted by atomic mass is 10.0. The molecular weight excluding hydrogens is 506 g/mol. The molecule has 0 fully saturated rings. The minimum atomic E-state index is -3.86. The molecule has 0 saturated carbocycles. The predicted octanol–water partition coefficient (Wildman–Crippen LogP) is 6.82. The van der Waals surface area contributed by atoms with Crippen LogP contribution in [0.15, 0.2) is 114 Å². The Balaban J connectivity index is 1.61. The van der Waals surface area contributed by atoms with Crippen LogP contribution in [0.3, 0.4) is 0 Å². The Kier molecular flexibility index (Phi) is 9.52. The number of nitrogens with zero attached hydrogens (tertiary/aromatic N) is 2. The number of hydrogen-bond acceptors (Lipinski definition) is 3. The van der Waals surface area contributed by atoms with Gasteiger partial charge in [0.2, 0.25) is 10.0 Å². The number of benzene rings is 4. The second-order valence-electron chi connectivity index (χ2n) is 9.56. The summed E-state index contributed by atoms with van der Waals surface area (Å²) in [6, 6.07) is 34.1. The van der Waals surface area contributed by atoms with Gasteiger partial charge in [0.05, 0.1) is 11.4 Å². The van der Waals surface area contributed by atoms with Crippen molar-refractivity contribution in [2.75, 3.05) is 11.4 Å². The van der Waals surface area contributed by atoms with Crippen LogP contribution in [-0.2, 0) is 23.1 Å². The number of hydrogen-bond donors (Lipinski definition) is 1. The summed E-state index contributed by atoms with van der Waals surface area (Å²) < 4.78 is 24.2. The maximum Gasteiger partial charge on any atom is 0.325 e. The van der Waals surface area contributed by atoms with Gasteiger partial charge in [-0.2, -0.15) is 0 Å². The largest absolute Gasteiger partial charge is 0.325 e. The first-order chi connectivity index (χ1) is 18.9. The standard InChI is InChI=1S/C32H35N3O3S/c1-2-3-12-23-34(32(36)35(29-15-8-5-9-16-29)25-26-13-6-4-7-14-26)24-27-19-21-28(22-20-27)30-17-10-11-18-31(30)39(33,37)38/h4-11,13-22H,2-3,12,23-25H2,1H3,(H2,33,37,38). The van der Waals surface area contributed by atoms with Crippen molar-refractivity contribution < 1.29 is 13.2 Å². The Morgan fingerprint density at radius 3 is 1.95 bits per heavy atom. The summed E-state index contributed by atoms with van der Waals surface area (Å²) in [5, 5.41) is 5.44. The zero-order chi connectivity index (χ0) is 27.7. The smallest absolute Gasteiger partial charge is 0.320 e. The molecule has 0 aromatic heterocycles. The van der Waals surface area contributed by atoms with Crippen LogP contribution in [-0.4, -0.2) is 25.9 Å². The van der Waals surface area contributed by atoms with E-state index in [4.69, 9.17) is 5.14 Å². The highest BCUT2D eigenvalue weighted by atomic mass is 32.2. The molecule has 7 heteroatoms. The lowest BCUT2D eigenvalue weighted by molar-refractivity contribution is 0.200. The first-order valence-electron chi connectivity index (χ1n) is 13.2. The van der Waals surface area contributed by atoms with Crippen LogP contribution in [0.1, 0.15) is 37.3 Å². The van der Waals surface area contributed by atoms with E-state index in [1.54, 1.807) is 18.2 Å². The fourth-order valence-electron chi connectivity index (χ4n) is 4.57. The zero-order valence-corrected chi connectivity index (χ0v) is 23.1. The van der Waals surface area contributed by atoms with Gasteiger partial charge in [-0.1, -0.05) is 111 Å². The van der Waals surface area contributed by atoms with Crippen LogP contribution < -0.4 is 10.0 Å². The van der Waals surface area contributed by atoms with Crippen molar-refractivity contribution in [1.29, 1.82) is 0 Å². The molecule has 2 amide bonds. The molecule has 0 saturated heterocycles. The number of carbonyl (C=O) groups is 1. The summed E-state index contributed by atoms with van der Waals surface area (Å²) in [6.07, 6.45) is 3.01. The Bertz CT molecular complexity index is 1460. The van der Waals surface area contributed by atoms with E-state index >= 15 is 0 Å². The first-order valence-corrected chi connectivity index (χ1v) is 14.8. The third-order valence-corrected chi connectivity index (χ3v) is 7.59. The molecule has 202 valence electrons. The number of sulfonamides is 1. The van der Waals surface area contributed by atoms with Crippen molar-refractivity contribution in [3.63, 3.8) is 0 Å². The highest BCUT2D eigenvalue weighted by molar-refractivity contribution is 7.89. The highest BCUT2D eigenvalue weighted by Gasteiger charge is 2.23. The number of urea groups is 1. The van der Waals surface area contributed by atoms with Crippen LogP contribution in [0.4, 0.5) is 10.5 Å². The van der Waals surface area contributed by atoms with Gasteiger partial charge in [-0.05, 0) is 41.3 Å². The number of amides is 2. The molecule has 0 atom stereocenters. The second-order valence-corrected chi connectivity index (χ2v) is 11.1. The number of nitrogens with two attached hydrogens (primary N) is 1. The molecular formula is C32H35N3O3S. The average Bonchev–Trinajstić information content (AvgIpc) is 2.96. The fraction of sp³-hybridized carbons (Fsp3) is 0.219. The van der Waals surface area contributed by atoms with E-state index < -0.39 is 10.0 Å². The highest BCUT2D eigenvalue weighted by Crippen LogP contribution is 2.27. The van der Waals surface area contributed by atoms with E-state index in [0.717, 1.165) is 41.6 Å². The first kappa shape index (κ1) is 28.1. The van der Waals surface area contributed by atoms with Gasteiger partial charge in [0.25, 0.3) is 0 Å². The molecule has 39 heavy (non-hydrogen) atoms. The van der Waals surface area contributed by atoms with Gasteiger partial charge < -0.3 is 4.90 Å². The molecule has 6 nitrogen and oxygen atoms in total. The van der Waals surface area contributed by atoms with E-state index in [1.807, 2.05) is 94.7 Å². The Labute approximate surface area is 231 Å². The van der Waals surface area contributed by atoms with E-state index in [0.29, 0.717) is 25.2 Å². The molecule has 0 heterocycles. The summed E-state index contributed by atoms with van der Waals surface area (Å²) >= 11 is 0. The molecule has 0 aliphatic carbocycles. The van der Waals surface area contributed by atoms with Gasteiger partial charge in [-0.25, -0.2) is 18.4 Å². The number of carbonyl (C=O) groups excluding carboxylic acids is 1. The van der Waals surface area contributed by atoms with E-state index in [1.165, 1.54) is 6.07 Å². The number of para-hydroxylation sites is 1. The SMILES string of the molecule is CCCCCN(Cc1ccc(-c2ccccc2S(N)(=O)=O)cc1)C(=O)N(Cc1ccccc1)c1ccccc1. The van der Waals surface area contributed by atoms with Gasteiger partial charge in [0.15, 0.2) is 0 Å². The molecule has 4 aromatic carbocycles. The van der Waals surface area contributed by atoms with Gasteiger partial charge in [-0.15, -0.1) is 0 Å². The zero-order valence-electron chi connectivity index (χ0n) is 22.2. The van der Waals surface area contributed by atoms with Crippen molar-refractivity contribution in [2.45, 2.75) is 44.2 Å². The summed E-state index contributed by atoms with van der Waals surface area (Å²) in [5.41, 5.74) is 4.18. The lowest BCUT2D eigenvalue weighted by Gasteiger charge is -2.31. The van der Waals surface area contributed by atoms with Crippen LogP contribution in [0.2, 0.25) is 0 Å². The van der Waals surface area contributed by atoms with Gasteiger partial charge in [0, 0.05) is 24.3 Å². The average molecular weight is 542 g/mol. The molecule has 0 radical (unpaired) electrons. The summed E-state index contributed by atoms with van der Waals surface area (Å²) in [5.74, 6) is 0. The molecule has 0 unspecified atom stereocenters. The molecule has 0 spiro atoms. The van der Waals surface area contributed by atoms with Crippen molar-refractivity contribution >= 4 is 21.7 Å². The Hall–Kier alpha value is -3.94. The Morgan fingerprint density at radius 2 is 1.31 bits per heavy atom. The third-order valence-electron chi connectivity index (χ3n) is 6.62. The summed E-state index contributed by atoms with van der Waals surface area (Å²) in [6.45, 7) is 3.70. The van der Waals surface area contributed by atoms with Crippen molar-refractivity contribution in [3.05, 3.63) is 120 Å². The van der Waals surface area contributed by atoms with Crippen molar-refractivity contribution in [1.82, 2.24) is 4.90 Å². The van der Waals surface area contributed by atoms with Crippen molar-refractivity contribution in [2.24, 2.45) is 5.14 Å². The number of unbranched alkanes of at least 4 members (excludes halogenated alkanes) is 2. The monoisotopic (exact) mass is 541 g/mol. The number of primary sulfonamides is 1.